The molecule has 0 heterocycles. The first-order valence-electron chi connectivity index (χ1n) is 5.50. The summed E-state index contributed by atoms with van der Waals surface area (Å²) in [5.74, 6) is 0. The van der Waals surface area contributed by atoms with Gasteiger partial charge in [0.05, 0.1) is 0 Å². The van der Waals surface area contributed by atoms with Gasteiger partial charge in [0.2, 0.25) is 0 Å². The van der Waals surface area contributed by atoms with Crippen LogP contribution in [0.3, 0.4) is 0 Å². The predicted molar refractivity (Wildman–Crippen MR) is 72.2 cm³/mol. The fraction of sp³-hybridized carbons (Fsp3) is 0.385. The van der Waals surface area contributed by atoms with Gasteiger partial charge in [0, 0.05) is 30.9 Å². The highest BCUT2D eigenvalue weighted by molar-refractivity contribution is 6.29. The van der Waals surface area contributed by atoms with Crippen LogP contribution >= 0.6 is 11.6 Å². The minimum atomic E-state index is 0.663. The molecular weight excluding hydrogens is 220 g/mol. The third-order valence-electron chi connectivity index (χ3n) is 2.36. The van der Waals surface area contributed by atoms with E-state index in [0.717, 1.165) is 19.5 Å². The Labute approximate surface area is 103 Å². The number of hydrogen-bond acceptors (Lipinski definition) is 2. The molecule has 0 spiro atoms. The lowest BCUT2D eigenvalue weighted by atomic mass is 10.3. The van der Waals surface area contributed by atoms with E-state index in [0.29, 0.717) is 11.6 Å². The second-order valence-electron chi connectivity index (χ2n) is 3.80. The van der Waals surface area contributed by atoms with Crippen molar-refractivity contribution in [3.63, 3.8) is 0 Å². The van der Waals surface area contributed by atoms with Crippen molar-refractivity contribution in [2.24, 2.45) is 0 Å². The summed E-state index contributed by atoms with van der Waals surface area (Å²) in [5, 5.41) is 3.90. The quantitative estimate of drug-likeness (QED) is 0.735. The Morgan fingerprint density at radius 2 is 2.06 bits per heavy atom. The Bertz CT molecular complexity index is 311. The second kappa shape index (κ2) is 7.31. The van der Waals surface area contributed by atoms with E-state index < -0.39 is 0 Å². The first-order valence-corrected chi connectivity index (χ1v) is 5.88. The zero-order valence-corrected chi connectivity index (χ0v) is 10.5. The lowest BCUT2D eigenvalue weighted by Crippen LogP contribution is -2.24. The van der Waals surface area contributed by atoms with Crippen LogP contribution in [0, 0.1) is 0 Å². The molecule has 1 rings (SSSR count). The molecule has 0 saturated heterocycles. The SMILES string of the molecule is C=C(Cl)CNCCCN(C)c1ccccc1. The van der Waals surface area contributed by atoms with Gasteiger partial charge >= 0.3 is 0 Å². The molecule has 0 fully saturated rings. The van der Waals surface area contributed by atoms with Gasteiger partial charge in [0.25, 0.3) is 0 Å². The molecule has 0 aliphatic carbocycles. The van der Waals surface area contributed by atoms with E-state index in [1.54, 1.807) is 0 Å². The highest BCUT2D eigenvalue weighted by Gasteiger charge is 1.98. The molecule has 16 heavy (non-hydrogen) atoms. The number of rotatable bonds is 7. The lowest BCUT2D eigenvalue weighted by molar-refractivity contribution is 0.682. The van der Waals surface area contributed by atoms with Crippen molar-refractivity contribution in [3.8, 4) is 0 Å². The molecule has 0 bridgehead atoms. The van der Waals surface area contributed by atoms with Crippen LogP contribution < -0.4 is 10.2 Å². The third kappa shape index (κ3) is 5.19. The van der Waals surface area contributed by atoms with Gasteiger partial charge in [-0.15, -0.1) is 0 Å². The van der Waals surface area contributed by atoms with Crippen LogP contribution in [0.25, 0.3) is 0 Å². The molecule has 3 heteroatoms. The van der Waals surface area contributed by atoms with E-state index in [-0.39, 0.29) is 0 Å². The monoisotopic (exact) mass is 238 g/mol. The van der Waals surface area contributed by atoms with Gasteiger partial charge in [-0.25, -0.2) is 0 Å². The number of halogens is 1. The van der Waals surface area contributed by atoms with Crippen LogP contribution in [-0.4, -0.2) is 26.7 Å². The Hall–Kier alpha value is -0.990. The topological polar surface area (TPSA) is 15.3 Å². The molecule has 0 radical (unpaired) electrons. The van der Waals surface area contributed by atoms with Gasteiger partial charge in [0.1, 0.15) is 0 Å². The molecule has 0 aliphatic rings. The van der Waals surface area contributed by atoms with Gasteiger partial charge in [-0.2, -0.15) is 0 Å². The van der Waals surface area contributed by atoms with Gasteiger partial charge in [-0.05, 0) is 25.1 Å². The van der Waals surface area contributed by atoms with Gasteiger partial charge in [0.15, 0.2) is 0 Å². The summed E-state index contributed by atoms with van der Waals surface area (Å²) in [5.41, 5.74) is 1.25. The van der Waals surface area contributed by atoms with Crippen LogP contribution in [0.2, 0.25) is 0 Å². The number of para-hydroxylation sites is 1. The van der Waals surface area contributed by atoms with Crippen LogP contribution in [0.1, 0.15) is 6.42 Å². The highest BCUT2D eigenvalue weighted by Crippen LogP contribution is 2.10. The van der Waals surface area contributed by atoms with Crippen molar-refractivity contribution in [2.45, 2.75) is 6.42 Å². The van der Waals surface area contributed by atoms with Crippen molar-refractivity contribution in [3.05, 3.63) is 41.9 Å². The number of nitrogens with zero attached hydrogens (tertiary/aromatic N) is 1. The number of hydrogen-bond donors (Lipinski definition) is 1. The van der Waals surface area contributed by atoms with Crippen LogP contribution in [0.4, 0.5) is 5.69 Å². The molecule has 0 amide bonds. The average Bonchev–Trinajstić information content (AvgIpc) is 2.29. The van der Waals surface area contributed by atoms with Crippen molar-refractivity contribution in [2.75, 3.05) is 31.6 Å². The van der Waals surface area contributed by atoms with Crippen LogP contribution in [-0.2, 0) is 0 Å². The van der Waals surface area contributed by atoms with Crippen molar-refractivity contribution >= 4 is 17.3 Å². The van der Waals surface area contributed by atoms with E-state index in [4.69, 9.17) is 11.6 Å². The molecule has 2 nitrogen and oxygen atoms in total. The Morgan fingerprint density at radius 3 is 2.69 bits per heavy atom. The number of benzene rings is 1. The molecule has 1 N–H and O–H groups in total. The molecule has 0 atom stereocenters. The summed E-state index contributed by atoms with van der Waals surface area (Å²) in [7, 11) is 2.11. The highest BCUT2D eigenvalue weighted by atomic mass is 35.5. The van der Waals surface area contributed by atoms with E-state index in [9.17, 15) is 0 Å². The van der Waals surface area contributed by atoms with E-state index in [1.165, 1.54) is 5.69 Å². The van der Waals surface area contributed by atoms with Gasteiger partial charge in [-0.3, -0.25) is 0 Å². The fourth-order valence-electron chi connectivity index (χ4n) is 1.48. The molecule has 1 aromatic rings. The maximum Gasteiger partial charge on any atom is 0.0363 e. The Morgan fingerprint density at radius 1 is 1.38 bits per heavy atom. The normalized spacial score (nSPS) is 10.1. The summed E-state index contributed by atoms with van der Waals surface area (Å²) >= 11 is 5.65. The molecule has 1 aromatic carbocycles. The predicted octanol–water partition coefficient (Wildman–Crippen LogP) is 2.86. The largest absolute Gasteiger partial charge is 0.375 e. The van der Waals surface area contributed by atoms with Crippen molar-refractivity contribution in [1.82, 2.24) is 5.32 Å². The molecule has 0 aromatic heterocycles. The zero-order chi connectivity index (χ0) is 11.8. The third-order valence-corrected chi connectivity index (χ3v) is 2.49. The molecule has 88 valence electrons. The maximum atomic E-state index is 5.65. The van der Waals surface area contributed by atoms with Crippen molar-refractivity contribution < 1.29 is 0 Å². The summed E-state index contributed by atoms with van der Waals surface area (Å²) in [6, 6.07) is 10.4. The van der Waals surface area contributed by atoms with E-state index >= 15 is 0 Å². The molecule has 0 unspecified atom stereocenters. The smallest absolute Gasteiger partial charge is 0.0363 e. The van der Waals surface area contributed by atoms with E-state index in [1.807, 2.05) is 6.07 Å². The van der Waals surface area contributed by atoms with Crippen LogP contribution in [0.15, 0.2) is 41.9 Å². The first kappa shape index (κ1) is 13.1. The van der Waals surface area contributed by atoms with Crippen LogP contribution in [0.5, 0.6) is 0 Å². The fourth-order valence-corrected chi connectivity index (χ4v) is 1.57. The number of nitrogens with one attached hydrogen (secondary N) is 1. The summed E-state index contributed by atoms with van der Waals surface area (Å²) in [6.45, 7) is 6.31. The Kier molecular flexibility index (Phi) is 5.98. The molecule has 0 saturated carbocycles. The minimum Gasteiger partial charge on any atom is -0.375 e. The van der Waals surface area contributed by atoms with E-state index in [2.05, 4.69) is 48.1 Å². The first-order chi connectivity index (χ1) is 7.70. The summed E-state index contributed by atoms with van der Waals surface area (Å²) in [4.78, 5) is 2.25. The maximum absolute atomic E-state index is 5.65. The second-order valence-corrected chi connectivity index (χ2v) is 4.34. The average molecular weight is 239 g/mol. The minimum absolute atomic E-state index is 0.663. The summed E-state index contributed by atoms with van der Waals surface area (Å²) in [6.07, 6.45) is 1.09. The van der Waals surface area contributed by atoms with Crippen molar-refractivity contribution in [1.29, 1.82) is 0 Å². The molecular formula is C13H19ClN2. The lowest BCUT2D eigenvalue weighted by Gasteiger charge is -2.19. The Balaban J connectivity index is 2.16. The van der Waals surface area contributed by atoms with Gasteiger partial charge in [-0.1, -0.05) is 36.4 Å². The van der Waals surface area contributed by atoms with Gasteiger partial charge < -0.3 is 10.2 Å². The molecule has 0 aliphatic heterocycles. The number of anilines is 1. The zero-order valence-electron chi connectivity index (χ0n) is 9.75. The summed E-state index contributed by atoms with van der Waals surface area (Å²) < 4.78 is 0. The standard InChI is InChI=1S/C13H19ClN2/c1-12(14)11-15-9-6-10-16(2)13-7-4-3-5-8-13/h3-5,7-8,15H,1,6,9-11H2,2H3.